The molecule has 0 aliphatic carbocycles. The van der Waals surface area contributed by atoms with E-state index >= 15 is 0 Å². The fraction of sp³-hybridized carbons (Fsp3) is 0. The van der Waals surface area contributed by atoms with Gasteiger partial charge in [0.05, 0.1) is 0 Å². The summed E-state index contributed by atoms with van der Waals surface area (Å²) in [4.78, 5) is 3.81. The molecule has 1 heterocycles. The zero-order chi connectivity index (χ0) is 5.11. The van der Waals surface area contributed by atoms with Crippen LogP contribution in [-0.2, 0) is 0 Å². The highest BCUT2D eigenvalue weighted by Gasteiger charge is 1.73. The van der Waals surface area contributed by atoms with Crippen LogP contribution in [0.3, 0.4) is 0 Å². The minimum Gasteiger partial charge on any atom is -0.265 e. The standard InChI is InChI=1S/C6H6N/c1-6-2-4-7-5-3-6/h2-5H,1H2. The summed E-state index contributed by atoms with van der Waals surface area (Å²) in [5.41, 5.74) is 1.01. The van der Waals surface area contributed by atoms with Crippen molar-refractivity contribution in [1.29, 1.82) is 0 Å². The Morgan fingerprint density at radius 2 is 1.86 bits per heavy atom. The molecule has 1 rings (SSSR count). The van der Waals surface area contributed by atoms with Gasteiger partial charge in [0, 0.05) is 12.4 Å². The molecule has 0 unspecified atom stereocenters. The van der Waals surface area contributed by atoms with Gasteiger partial charge < -0.3 is 0 Å². The quantitative estimate of drug-likeness (QED) is 0.469. The van der Waals surface area contributed by atoms with Crippen molar-refractivity contribution in [3.63, 3.8) is 0 Å². The number of hydrogen-bond acceptors (Lipinski definition) is 1. The van der Waals surface area contributed by atoms with Gasteiger partial charge >= 0.3 is 0 Å². The van der Waals surface area contributed by atoms with E-state index in [4.69, 9.17) is 0 Å². The molecule has 0 N–H and O–H groups in total. The Morgan fingerprint density at radius 1 is 1.29 bits per heavy atom. The molecule has 0 aliphatic rings. The summed E-state index contributed by atoms with van der Waals surface area (Å²) in [6, 6.07) is 3.72. The second-order valence-electron chi connectivity index (χ2n) is 1.36. The topological polar surface area (TPSA) is 12.9 Å². The zero-order valence-electron chi connectivity index (χ0n) is 3.96. The molecule has 1 aromatic rings. The first-order chi connectivity index (χ1) is 3.39. The van der Waals surface area contributed by atoms with Crippen LogP contribution in [0.5, 0.6) is 0 Å². The van der Waals surface area contributed by atoms with Gasteiger partial charge in [-0.25, -0.2) is 0 Å². The van der Waals surface area contributed by atoms with Crippen molar-refractivity contribution < 1.29 is 0 Å². The number of nitrogens with zero attached hydrogens (tertiary/aromatic N) is 1. The third-order valence-corrected chi connectivity index (χ3v) is 0.749. The van der Waals surface area contributed by atoms with Crippen molar-refractivity contribution in [3.8, 4) is 0 Å². The van der Waals surface area contributed by atoms with Crippen LogP contribution in [-0.4, -0.2) is 4.98 Å². The summed E-state index contributed by atoms with van der Waals surface area (Å²) in [5, 5.41) is 0. The van der Waals surface area contributed by atoms with Crippen LogP contribution in [0.25, 0.3) is 0 Å². The van der Waals surface area contributed by atoms with Crippen LogP contribution in [0.2, 0.25) is 0 Å². The smallest absolute Gasteiger partial charge is 0.0270 e. The van der Waals surface area contributed by atoms with Gasteiger partial charge in [-0.1, -0.05) is 0 Å². The molecule has 0 amide bonds. The summed E-state index contributed by atoms with van der Waals surface area (Å²) in [6.07, 6.45) is 3.45. The van der Waals surface area contributed by atoms with E-state index < -0.39 is 0 Å². The molecule has 0 aromatic carbocycles. The third kappa shape index (κ3) is 1.000. The number of aromatic nitrogens is 1. The number of rotatable bonds is 0. The average Bonchev–Trinajstić information content (AvgIpc) is 1.69. The van der Waals surface area contributed by atoms with Gasteiger partial charge in [0.2, 0.25) is 0 Å². The van der Waals surface area contributed by atoms with Gasteiger partial charge in [-0.05, 0) is 24.6 Å². The molecule has 0 spiro atoms. The maximum Gasteiger partial charge on any atom is 0.0270 e. The van der Waals surface area contributed by atoms with Gasteiger partial charge in [-0.15, -0.1) is 0 Å². The van der Waals surface area contributed by atoms with E-state index in [1.807, 2.05) is 12.1 Å². The Kier molecular flexibility index (Phi) is 1.07. The highest BCUT2D eigenvalue weighted by molar-refractivity contribution is 5.11. The van der Waals surface area contributed by atoms with Crippen molar-refractivity contribution in [2.45, 2.75) is 0 Å². The molecule has 0 saturated heterocycles. The minimum atomic E-state index is 1.01. The second kappa shape index (κ2) is 1.73. The number of pyridine rings is 1. The second-order valence-corrected chi connectivity index (χ2v) is 1.36. The van der Waals surface area contributed by atoms with Crippen LogP contribution in [0.4, 0.5) is 0 Å². The van der Waals surface area contributed by atoms with Crippen LogP contribution in [0, 0.1) is 6.92 Å². The lowest BCUT2D eigenvalue weighted by molar-refractivity contribution is 1.31. The molecule has 0 aliphatic heterocycles. The van der Waals surface area contributed by atoms with Crippen molar-refractivity contribution in [2.24, 2.45) is 0 Å². The van der Waals surface area contributed by atoms with Gasteiger partial charge in [0.1, 0.15) is 0 Å². The summed E-state index contributed by atoms with van der Waals surface area (Å²) < 4.78 is 0. The molecule has 0 atom stereocenters. The zero-order valence-corrected chi connectivity index (χ0v) is 3.96. The van der Waals surface area contributed by atoms with Crippen LogP contribution in [0.1, 0.15) is 5.56 Å². The van der Waals surface area contributed by atoms with Crippen molar-refractivity contribution in [1.82, 2.24) is 4.98 Å². The predicted octanol–water partition coefficient (Wildman–Crippen LogP) is 1.26. The molecule has 1 heteroatoms. The number of hydrogen-bond donors (Lipinski definition) is 0. The Bertz CT molecular complexity index is 134. The molecular formula is C6H6N. The molecule has 1 nitrogen and oxygen atoms in total. The van der Waals surface area contributed by atoms with Crippen molar-refractivity contribution in [2.75, 3.05) is 0 Å². The minimum absolute atomic E-state index is 1.01. The first kappa shape index (κ1) is 4.31. The lowest BCUT2D eigenvalue weighted by atomic mass is 10.3. The summed E-state index contributed by atoms with van der Waals surface area (Å²) >= 11 is 0. The Labute approximate surface area is 43.0 Å². The van der Waals surface area contributed by atoms with Gasteiger partial charge in [-0.3, -0.25) is 4.98 Å². The van der Waals surface area contributed by atoms with Crippen molar-refractivity contribution in [3.05, 3.63) is 37.0 Å². The average molecular weight is 92.1 g/mol. The van der Waals surface area contributed by atoms with Gasteiger partial charge in [-0.2, -0.15) is 0 Å². The molecule has 1 aromatic heterocycles. The predicted molar refractivity (Wildman–Crippen MR) is 28.7 cm³/mol. The lowest BCUT2D eigenvalue weighted by Crippen LogP contribution is -1.68. The van der Waals surface area contributed by atoms with E-state index in [2.05, 4.69) is 11.9 Å². The van der Waals surface area contributed by atoms with Crippen molar-refractivity contribution >= 4 is 0 Å². The SMILES string of the molecule is [CH2]c1ccncc1. The highest BCUT2D eigenvalue weighted by atomic mass is 14.6. The van der Waals surface area contributed by atoms with E-state index in [0.717, 1.165) is 5.56 Å². The Hall–Kier alpha value is -0.850. The third-order valence-electron chi connectivity index (χ3n) is 0.749. The van der Waals surface area contributed by atoms with Gasteiger partial charge in [0.25, 0.3) is 0 Å². The van der Waals surface area contributed by atoms with E-state index in [0.29, 0.717) is 0 Å². The molecule has 7 heavy (non-hydrogen) atoms. The molecule has 1 radical (unpaired) electrons. The molecule has 0 fully saturated rings. The van der Waals surface area contributed by atoms with E-state index in [9.17, 15) is 0 Å². The lowest BCUT2D eigenvalue weighted by Gasteiger charge is -1.82. The van der Waals surface area contributed by atoms with Crippen LogP contribution >= 0.6 is 0 Å². The molecular weight excluding hydrogens is 86.1 g/mol. The fourth-order valence-electron chi connectivity index (χ4n) is 0.383. The monoisotopic (exact) mass is 92.1 g/mol. The molecule has 0 bridgehead atoms. The fourth-order valence-corrected chi connectivity index (χ4v) is 0.383. The van der Waals surface area contributed by atoms with Crippen LogP contribution in [0.15, 0.2) is 24.5 Å². The van der Waals surface area contributed by atoms with Gasteiger partial charge in [0.15, 0.2) is 0 Å². The summed E-state index contributed by atoms with van der Waals surface area (Å²) in [6.45, 7) is 3.68. The maximum atomic E-state index is 3.81. The summed E-state index contributed by atoms with van der Waals surface area (Å²) in [5.74, 6) is 0. The van der Waals surface area contributed by atoms with Crippen LogP contribution < -0.4 is 0 Å². The van der Waals surface area contributed by atoms with E-state index in [1.165, 1.54) is 0 Å². The molecule has 0 saturated carbocycles. The Balaban J connectivity index is 3.02. The first-order valence-electron chi connectivity index (χ1n) is 2.11. The first-order valence-corrected chi connectivity index (χ1v) is 2.11. The van der Waals surface area contributed by atoms with E-state index in [-0.39, 0.29) is 0 Å². The normalized spacial score (nSPS) is 8.71. The largest absolute Gasteiger partial charge is 0.265 e. The van der Waals surface area contributed by atoms with E-state index in [1.54, 1.807) is 12.4 Å². The maximum absolute atomic E-state index is 3.81. The summed E-state index contributed by atoms with van der Waals surface area (Å²) in [7, 11) is 0. The molecule has 35 valence electrons. The highest BCUT2D eigenvalue weighted by Crippen LogP contribution is 1.88. The Morgan fingerprint density at radius 3 is 2.14 bits per heavy atom.